The van der Waals surface area contributed by atoms with Gasteiger partial charge in [-0.25, -0.2) is 4.98 Å². The van der Waals surface area contributed by atoms with E-state index in [1.165, 1.54) is 16.2 Å². The average Bonchev–Trinajstić information content (AvgIpc) is 3.00. The van der Waals surface area contributed by atoms with E-state index in [2.05, 4.69) is 57.7 Å². The van der Waals surface area contributed by atoms with Crippen LogP contribution >= 0.6 is 15.9 Å². The number of quaternary nitrogens is 1. The minimum Gasteiger partial charge on any atom is -0.550 e. The zero-order valence-electron chi connectivity index (χ0n) is 15.2. The Kier molecular flexibility index (Phi) is 5.02. The number of pyridine rings is 1. The number of aryl methyl sites for hydroxylation is 1. The fourth-order valence-corrected chi connectivity index (χ4v) is 4.15. The fraction of sp³-hybridized carbons (Fsp3) is 0.333. The third kappa shape index (κ3) is 3.77. The summed E-state index contributed by atoms with van der Waals surface area (Å²) >= 11 is 3.49. The molecule has 0 atom stereocenters. The molecule has 0 aliphatic carbocycles. The molecular weight excluding hydrogens is 406 g/mol. The first-order valence-electron chi connectivity index (χ1n) is 9.29. The molecule has 3 aromatic rings. The van der Waals surface area contributed by atoms with Crippen molar-refractivity contribution in [2.45, 2.75) is 26.3 Å². The molecule has 1 saturated heterocycles. The van der Waals surface area contributed by atoms with Crippen molar-refractivity contribution >= 4 is 27.5 Å². The van der Waals surface area contributed by atoms with Crippen molar-refractivity contribution in [3.8, 4) is 11.3 Å². The number of nitrogens with one attached hydrogen (secondary N) is 1. The summed E-state index contributed by atoms with van der Waals surface area (Å²) in [6, 6.07) is 12.4. The molecule has 140 valence electrons. The molecule has 5 nitrogen and oxygen atoms in total. The standard InChI is InChI=1S/C21H22BrN3O2/c1-14-2-7-19-23-20(15-3-5-17(22)6-4-15)18(25(19)12-14)13-24-10-8-16(9-11-24)21(26)27/h2-7,12,16H,8-11,13H2,1H3,(H,26,27). The Morgan fingerprint density at radius 3 is 2.59 bits per heavy atom. The van der Waals surface area contributed by atoms with Gasteiger partial charge in [0, 0.05) is 41.0 Å². The number of carbonyl (C=O) groups is 1. The van der Waals surface area contributed by atoms with Gasteiger partial charge in [0.15, 0.2) is 0 Å². The number of carboxylic acid groups (broad SMARTS) is 1. The average molecular weight is 428 g/mol. The highest BCUT2D eigenvalue weighted by Gasteiger charge is 2.25. The summed E-state index contributed by atoms with van der Waals surface area (Å²) in [7, 11) is 0. The number of rotatable bonds is 4. The Balaban J connectivity index is 1.69. The lowest BCUT2D eigenvalue weighted by molar-refractivity contribution is -0.919. The SMILES string of the molecule is Cc1ccc2nc(-c3ccc(Br)cc3)c(C[NH+]3CCC(C(=O)[O-])CC3)n2c1. The molecule has 0 amide bonds. The highest BCUT2D eigenvalue weighted by atomic mass is 79.9. The second-order valence-electron chi connectivity index (χ2n) is 7.37. The Bertz CT molecular complexity index is 973. The first-order valence-corrected chi connectivity index (χ1v) is 10.1. The smallest absolute Gasteiger partial charge is 0.137 e. The summed E-state index contributed by atoms with van der Waals surface area (Å²) < 4.78 is 3.23. The molecule has 0 spiro atoms. The molecule has 6 heteroatoms. The molecule has 3 heterocycles. The van der Waals surface area contributed by atoms with E-state index in [4.69, 9.17) is 4.98 Å². The van der Waals surface area contributed by atoms with E-state index in [-0.39, 0.29) is 5.92 Å². The maximum Gasteiger partial charge on any atom is 0.137 e. The molecule has 27 heavy (non-hydrogen) atoms. The second-order valence-corrected chi connectivity index (χ2v) is 8.28. The number of carbonyl (C=O) groups excluding carboxylic acids is 1. The van der Waals surface area contributed by atoms with Crippen molar-refractivity contribution < 1.29 is 14.8 Å². The van der Waals surface area contributed by atoms with Crippen LogP contribution in [0.25, 0.3) is 16.9 Å². The number of carboxylic acids is 1. The van der Waals surface area contributed by atoms with Crippen molar-refractivity contribution in [2.75, 3.05) is 13.1 Å². The van der Waals surface area contributed by atoms with Crippen molar-refractivity contribution in [2.24, 2.45) is 5.92 Å². The van der Waals surface area contributed by atoms with Crippen molar-refractivity contribution in [1.82, 2.24) is 9.38 Å². The Labute approximate surface area is 166 Å². The predicted octanol–water partition coefficient (Wildman–Crippen LogP) is 1.62. The largest absolute Gasteiger partial charge is 0.550 e. The van der Waals surface area contributed by atoms with Crippen LogP contribution in [0.15, 0.2) is 47.1 Å². The summed E-state index contributed by atoms with van der Waals surface area (Å²) in [4.78, 5) is 17.4. The van der Waals surface area contributed by atoms with E-state index in [1.807, 2.05) is 12.1 Å². The summed E-state index contributed by atoms with van der Waals surface area (Å²) in [5, 5.41) is 11.1. The summed E-state index contributed by atoms with van der Waals surface area (Å²) in [6.45, 7) is 4.60. The van der Waals surface area contributed by atoms with Crippen molar-refractivity contribution in [3.05, 3.63) is 58.3 Å². The van der Waals surface area contributed by atoms with Gasteiger partial charge in [0.2, 0.25) is 0 Å². The first-order chi connectivity index (χ1) is 13.0. The van der Waals surface area contributed by atoms with Gasteiger partial charge in [0.25, 0.3) is 0 Å². The molecule has 2 aromatic heterocycles. The summed E-state index contributed by atoms with van der Waals surface area (Å²) in [6.07, 6.45) is 3.50. The number of likely N-dealkylation sites (tertiary alicyclic amines) is 1. The molecule has 0 bridgehead atoms. The van der Waals surface area contributed by atoms with E-state index in [0.29, 0.717) is 12.8 Å². The van der Waals surface area contributed by atoms with Crippen LogP contribution in [0.1, 0.15) is 24.1 Å². The van der Waals surface area contributed by atoms with Gasteiger partial charge in [-0.15, -0.1) is 0 Å². The highest BCUT2D eigenvalue weighted by molar-refractivity contribution is 9.10. The maximum atomic E-state index is 11.1. The predicted molar refractivity (Wildman–Crippen MR) is 105 cm³/mol. The van der Waals surface area contributed by atoms with Crippen LogP contribution in [-0.2, 0) is 11.3 Å². The monoisotopic (exact) mass is 427 g/mol. The Hall–Kier alpha value is -2.18. The molecule has 4 rings (SSSR count). The second kappa shape index (κ2) is 7.44. The lowest BCUT2D eigenvalue weighted by Gasteiger charge is -2.29. The number of aromatic nitrogens is 2. The van der Waals surface area contributed by atoms with Gasteiger partial charge in [-0.05, 0) is 30.7 Å². The first kappa shape index (κ1) is 18.2. The topological polar surface area (TPSA) is 61.9 Å². The minimum atomic E-state index is -0.907. The number of imidazole rings is 1. The summed E-state index contributed by atoms with van der Waals surface area (Å²) in [5.74, 6) is -1.21. The van der Waals surface area contributed by atoms with Crippen LogP contribution in [0.4, 0.5) is 0 Å². The van der Waals surface area contributed by atoms with Gasteiger partial charge in [0.1, 0.15) is 17.9 Å². The molecule has 0 saturated carbocycles. The molecule has 0 radical (unpaired) electrons. The number of nitrogens with zero attached hydrogens (tertiary/aromatic N) is 2. The molecular formula is C21H22BrN3O2. The van der Waals surface area contributed by atoms with E-state index in [0.717, 1.165) is 41.0 Å². The van der Waals surface area contributed by atoms with Crippen LogP contribution in [0.3, 0.4) is 0 Å². The van der Waals surface area contributed by atoms with Crippen LogP contribution < -0.4 is 10.0 Å². The number of benzene rings is 1. The van der Waals surface area contributed by atoms with Gasteiger partial charge in [-0.3, -0.25) is 4.40 Å². The molecule has 1 aromatic carbocycles. The van der Waals surface area contributed by atoms with Crippen LogP contribution in [0, 0.1) is 12.8 Å². The van der Waals surface area contributed by atoms with Crippen molar-refractivity contribution in [3.63, 3.8) is 0 Å². The molecule has 1 N–H and O–H groups in total. The third-order valence-corrected chi connectivity index (χ3v) is 5.96. The number of hydrogen-bond donors (Lipinski definition) is 1. The van der Waals surface area contributed by atoms with E-state index in [1.54, 1.807) is 0 Å². The highest BCUT2D eigenvalue weighted by Crippen LogP contribution is 2.26. The molecule has 1 aliphatic heterocycles. The van der Waals surface area contributed by atoms with Gasteiger partial charge in [0.05, 0.1) is 18.8 Å². The van der Waals surface area contributed by atoms with Gasteiger partial charge < -0.3 is 14.8 Å². The lowest BCUT2D eigenvalue weighted by atomic mass is 9.97. The molecule has 1 fully saturated rings. The fourth-order valence-electron chi connectivity index (χ4n) is 3.88. The zero-order valence-corrected chi connectivity index (χ0v) is 16.8. The van der Waals surface area contributed by atoms with E-state index < -0.39 is 5.97 Å². The van der Waals surface area contributed by atoms with E-state index >= 15 is 0 Å². The maximum absolute atomic E-state index is 11.1. The number of hydrogen-bond acceptors (Lipinski definition) is 3. The number of fused-ring (bicyclic) bond motifs is 1. The normalized spacial score (nSPS) is 20.1. The number of piperidine rings is 1. The third-order valence-electron chi connectivity index (χ3n) is 5.43. The quantitative estimate of drug-likeness (QED) is 0.687. The summed E-state index contributed by atoms with van der Waals surface area (Å²) in [5.41, 5.74) is 5.41. The van der Waals surface area contributed by atoms with Gasteiger partial charge in [-0.1, -0.05) is 34.1 Å². The van der Waals surface area contributed by atoms with Crippen LogP contribution in [0.5, 0.6) is 0 Å². The minimum absolute atomic E-state index is 0.302. The van der Waals surface area contributed by atoms with Crippen LogP contribution in [0.2, 0.25) is 0 Å². The molecule has 1 aliphatic rings. The number of halogens is 1. The van der Waals surface area contributed by atoms with Gasteiger partial charge in [-0.2, -0.15) is 0 Å². The lowest BCUT2D eigenvalue weighted by Crippen LogP contribution is -3.12. The van der Waals surface area contributed by atoms with Crippen LogP contribution in [-0.4, -0.2) is 28.4 Å². The number of aliphatic carboxylic acids is 1. The van der Waals surface area contributed by atoms with E-state index in [9.17, 15) is 9.90 Å². The Morgan fingerprint density at radius 1 is 1.22 bits per heavy atom. The molecule has 0 unspecified atom stereocenters. The van der Waals surface area contributed by atoms with Crippen molar-refractivity contribution in [1.29, 1.82) is 0 Å². The Morgan fingerprint density at radius 2 is 1.93 bits per heavy atom. The van der Waals surface area contributed by atoms with Gasteiger partial charge >= 0.3 is 0 Å². The zero-order chi connectivity index (χ0) is 19.0.